The molecule has 1 N–H and O–H groups in total. The van der Waals surface area contributed by atoms with Gasteiger partial charge in [-0.05, 0) is 19.4 Å². The summed E-state index contributed by atoms with van der Waals surface area (Å²) in [5, 5.41) is 10.2. The smallest absolute Gasteiger partial charge is 0.348 e. The summed E-state index contributed by atoms with van der Waals surface area (Å²) in [6, 6.07) is 15.7. The van der Waals surface area contributed by atoms with Crippen LogP contribution in [0, 0.1) is 13.8 Å². The van der Waals surface area contributed by atoms with E-state index in [0.717, 1.165) is 27.3 Å². The minimum Gasteiger partial charge on any atom is -0.477 e. The third-order valence-corrected chi connectivity index (χ3v) is 4.61. The molecule has 0 fully saturated rings. The lowest BCUT2D eigenvalue weighted by molar-refractivity contribution is 0.0702. The highest BCUT2D eigenvalue weighted by Crippen LogP contribution is 2.35. The lowest BCUT2D eigenvalue weighted by atomic mass is 10.1. The lowest BCUT2D eigenvalue weighted by Crippen LogP contribution is -1.96. The molecule has 0 bridgehead atoms. The van der Waals surface area contributed by atoms with Crippen LogP contribution in [0.25, 0.3) is 21.8 Å². The first-order valence-corrected chi connectivity index (χ1v) is 7.75. The van der Waals surface area contributed by atoms with E-state index in [9.17, 15) is 9.90 Å². The third kappa shape index (κ3) is 2.65. The Morgan fingerprint density at radius 1 is 1.05 bits per heavy atom. The molecule has 3 aromatic rings. The van der Waals surface area contributed by atoms with Crippen LogP contribution in [0.1, 0.15) is 20.8 Å². The highest BCUT2D eigenvalue weighted by molar-refractivity contribution is 7.17. The Kier molecular flexibility index (Phi) is 3.77. The van der Waals surface area contributed by atoms with Crippen LogP contribution in [-0.2, 0) is 0 Å². The van der Waals surface area contributed by atoms with Crippen molar-refractivity contribution in [2.45, 2.75) is 13.8 Å². The number of carboxylic acids is 1. The molecule has 0 saturated heterocycles. The highest BCUT2D eigenvalue weighted by Gasteiger charge is 2.20. The number of rotatable bonds is 3. The molecule has 0 spiro atoms. The summed E-state index contributed by atoms with van der Waals surface area (Å²) >= 11 is 1.22. The number of benzene rings is 2. The van der Waals surface area contributed by atoms with Crippen molar-refractivity contribution in [3.05, 3.63) is 64.5 Å². The number of nitrogens with zero attached hydrogens (tertiary/aromatic N) is 1. The van der Waals surface area contributed by atoms with E-state index in [2.05, 4.69) is 4.98 Å². The van der Waals surface area contributed by atoms with Crippen molar-refractivity contribution in [2.24, 2.45) is 0 Å². The quantitative estimate of drug-likeness (QED) is 0.756. The van der Waals surface area contributed by atoms with Gasteiger partial charge in [0, 0.05) is 11.1 Å². The van der Waals surface area contributed by atoms with E-state index in [1.807, 2.05) is 62.4 Å². The number of aryl methyl sites for hydroxylation is 2. The highest BCUT2D eigenvalue weighted by atomic mass is 32.1. The molecule has 0 unspecified atom stereocenters. The van der Waals surface area contributed by atoms with Crippen molar-refractivity contribution < 1.29 is 9.90 Å². The van der Waals surface area contributed by atoms with Crippen LogP contribution < -0.4 is 0 Å². The summed E-state index contributed by atoms with van der Waals surface area (Å²) in [5.74, 6) is -0.936. The number of thiazole rings is 1. The summed E-state index contributed by atoms with van der Waals surface area (Å²) in [6.07, 6.45) is 0. The van der Waals surface area contributed by atoms with Crippen molar-refractivity contribution in [3.63, 3.8) is 0 Å². The van der Waals surface area contributed by atoms with E-state index < -0.39 is 5.97 Å². The van der Waals surface area contributed by atoms with Gasteiger partial charge in [0.15, 0.2) is 0 Å². The van der Waals surface area contributed by atoms with Crippen molar-refractivity contribution in [3.8, 4) is 21.8 Å². The maximum absolute atomic E-state index is 11.6. The number of hydrogen-bond donors (Lipinski definition) is 1. The molecule has 0 radical (unpaired) electrons. The zero-order chi connectivity index (χ0) is 15.7. The summed E-state index contributed by atoms with van der Waals surface area (Å²) < 4.78 is 0. The monoisotopic (exact) mass is 309 g/mol. The van der Waals surface area contributed by atoms with Gasteiger partial charge in [0.05, 0.1) is 5.69 Å². The van der Waals surface area contributed by atoms with Crippen molar-refractivity contribution in [1.82, 2.24) is 4.98 Å². The van der Waals surface area contributed by atoms with Crippen molar-refractivity contribution >= 4 is 17.3 Å². The van der Waals surface area contributed by atoms with E-state index >= 15 is 0 Å². The Balaban J connectivity index is 2.17. The number of carbonyl (C=O) groups is 1. The molecule has 0 saturated carbocycles. The summed E-state index contributed by atoms with van der Waals surface area (Å²) in [6.45, 7) is 3.99. The molecule has 1 heterocycles. The van der Waals surface area contributed by atoms with E-state index in [-0.39, 0.29) is 4.88 Å². The van der Waals surface area contributed by atoms with Gasteiger partial charge in [0.1, 0.15) is 9.88 Å². The van der Waals surface area contributed by atoms with Crippen molar-refractivity contribution in [2.75, 3.05) is 0 Å². The second kappa shape index (κ2) is 5.73. The number of hydrogen-bond acceptors (Lipinski definition) is 3. The topological polar surface area (TPSA) is 50.2 Å². The lowest BCUT2D eigenvalue weighted by Gasteiger charge is -2.03. The Morgan fingerprint density at radius 2 is 1.73 bits per heavy atom. The summed E-state index contributed by atoms with van der Waals surface area (Å²) in [5.41, 5.74) is 4.54. The van der Waals surface area contributed by atoms with Crippen LogP contribution in [0.5, 0.6) is 0 Å². The zero-order valence-electron chi connectivity index (χ0n) is 12.3. The molecule has 1 aromatic heterocycles. The minimum absolute atomic E-state index is 0.282. The minimum atomic E-state index is -0.936. The van der Waals surface area contributed by atoms with Gasteiger partial charge in [-0.25, -0.2) is 9.78 Å². The SMILES string of the molecule is Cc1ccc(-c2nc(-c3ccccc3C)c(C(=O)O)s2)cc1. The van der Waals surface area contributed by atoms with Crippen LogP contribution in [0.3, 0.4) is 0 Å². The predicted molar refractivity (Wildman–Crippen MR) is 89.4 cm³/mol. The zero-order valence-corrected chi connectivity index (χ0v) is 13.1. The average Bonchev–Trinajstić information content (AvgIpc) is 2.93. The molecule has 4 heteroatoms. The average molecular weight is 309 g/mol. The fourth-order valence-electron chi connectivity index (χ4n) is 2.31. The van der Waals surface area contributed by atoms with Gasteiger partial charge < -0.3 is 5.11 Å². The molecule has 110 valence electrons. The maximum atomic E-state index is 11.6. The Morgan fingerprint density at radius 3 is 2.36 bits per heavy atom. The normalized spacial score (nSPS) is 10.6. The van der Waals surface area contributed by atoms with Crippen LogP contribution in [0.2, 0.25) is 0 Å². The molecule has 3 rings (SSSR count). The van der Waals surface area contributed by atoms with Gasteiger partial charge in [-0.2, -0.15) is 0 Å². The first-order chi connectivity index (χ1) is 10.6. The van der Waals surface area contributed by atoms with Gasteiger partial charge in [0.25, 0.3) is 0 Å². The molecule has 3 nitrogen and oxygen atoms in total. The van der Waals surface area contributed by atoms with Gasteiger partial charge in [0.2, 0.25) is 0 Å². The number of aromatic carboxylic acids is 1. The van der Waals surface area contributed by atoms with Crippen LogP contribution in [0.15, 0.2) is 48.5 Å². The standard InChI is InChI=1S/C18H15NO2S/c1-11-7-9-13(10-8-11)17-19-15(16(22-17)18(20)21)14-6-4-3-5-12(14)2/h3-10H,1-2H3,(H,20,21). The van der Waals surface area contributed by atoms with Crippen LogP contribution >= 0.6 is 11.3 Å². The second-order valence-electron chi connectivity index (χ2n) is 5.18. The van der Waals surface area contributed by atoms with E-state index in [1.165, 1.54) is 11.3 Å². The van der Waals surface area contributed by atoms with Gasteiger partial charge in [-0.3, -0.25) is 0 Å². The summed E-state index contributed by atoms with van der Waals surface area (Å²) in [7, 11) is 0. The molecule has 0 atom stereocenters. The van der Waals surface area contributed by atoms with Gasteiger partial charge in [-0.15, -0.1) is 11.3 Å². The summed E-state index contributed by atoms with van der Waals surface area (Å²) in [4.78, 5) is 16.5. The van der Waals surface area contributed by atoms with Crippen LogP contribution in [-0.4, -0.2) is 16.1 Å². The molecule has 0 aliphatic rings. The maximum Gasteiger partial charge on any atom is 0.348 e. The second-order valence-corrected chi connectivity index (χ2v) is 6.18. The largest absolute Gasteiger partial charge is 0.477 e. The number of aromatic nitrogens is 1. The predicted octanol–water partition coefficient (Wildman–Crippen LogP) is 4.79. The molecule has 0 amide bonds. The van der Waals surface area contributed by atoms with Gasteiger partial charge in [-0.1, -0.05) is 54.1 Å². The number of carboxylic acid groups (broad SMARTS) is 1. The van der Waals surface area contributed by atoms with E-state index in [4.69, 9.17) is 0 Å². The third-order valence-electron chi connectivity index (χ3n) is 3.52. The van der Waals surface area contributed by atoms with Crippen molar-refractivity contribution in [1.29, 1.82) is 0 Å². The first kappa shape index (κ1) is 14.5. The molecule has 22 heavy (non-hydrogen) atoms. The van der Waals surface area contributed by atoms with E-state index in [0.29, 0.717) is 5.69 Å². The Labute approximate surface area is 132 Å². The van der Waals surface area contributed by atoms with Gasteiger partial charge >= 0.3 is 5.97 Å². The first-order valence-electron chi connectivity index (χ1n) is 6.93. The molecule has 0 aliphatic heterocycles. The Bertz CT molecular complexity index is 835. The molecule has 2 aromatic carbocycles. The molecular weight excluding hydrogens is 294 g/mol. The fraction of sp³-hybridized carbons (Fsp3) is 0.111. The van der Waals surface area contributed by atoms with E-state index in [1.54, 1.807) is 0 Å². The molecule has 0 aliphatic carbocycles. The van der Waals surface area contributed by atoms with Crippen LogP contribution in [0.4, 0.5) is 0 Å². The Hall–Kier alpha value is -2.46. The fourth-order valence-corrected chi connectivity index (χ4v) is 3.23. The molecular formula is C18H15NO2S.